The monoisotopic (exact) mass is 346 g/mol. The number of benzene rings is 1. The number of hydrogen-bond acceptors (Lipinski definition) is 2. The molecule has 1 rings (SSSR count). The van der Waals surface area contributed by atoms with E-state index in [1.807, 2.05) is 38.1 Å². The van der Waals surface area contributed by atoms with Crippen LogP contribution in [0.25, 0.3) is 0 Å². The fraction of sp³-hybridized carbons (Fsp3) is 0.600. The van der Waals surface area contributed by atoms with E-state index in [9.17, 15) is 4.79 Å². The maximum Gasteiger partial charge on any atom is 0.224 e. The fourth-order valence-electron chi connectivity index (χ4n) is 2.32. The van der Waals surface area contributed by atoms with Gasteiger partial charge in [0.15, 0.2) is 5.96 Å². The highest BCUT2D eigenvalue weighted by Crippen LogP contribution is 2.13. The minimum absolute atomic E-state index is 0.0549. The molecule has 140 valence electrons. The van der Waals surface area contributed by atoms with Crippen LogP contribution in [0.3, 0.4) is 0 Å². The van der Waals surface area contributed by atoms with Gasteiger partial charge < -0.3 is 16.0 Å². The zero-order valence-electron chi connectivity index (χ0n) is 16.4. The normalized spacial score (nSPS) is 11.7. The zero-order chi connectivity index (χ0) is 18.7. The molecule has 0 atom stereocenters. The highest BCUT2D eigenvalue weighted by molar-refractivity contribution is 5.90. The average Bonchev–Trinajstić information content (AvgIpc) is 2.51. The number of aliphatic imine (C=N–C) groups is 1. The van der Waals surface area contributed by atoms with Gasteiger partial charge in [-0.3, -0.25) is 4.79 Å². The Morgan fingerprint density at radius 2 is 1.88 bits per heavy atom. The van der Waals surface area contributed by atoms with E-state index in [1.165, 1.54) is 0 Å². The maximum absolute atomic E-state index is 11.9. The molecule has 1 amide bonds. The van der Waals surface area contributed by atoms with Crippen LogP contribution in [-0.4, -0.2) is 25.0 Å². The summed E-state index contributed by atoms with van der Waals surface area (Å²) in [6.07, 6.45) is 1.65. The summed E-state index contributed by atoms with van der Waals surface area (Å²) in [6.45, 7) is 12.9. The zero-order valence-corrected chi connectivity index (χ0v) is 16.4. The van der Waals surface area contributed by atoms with Crippen LogP contribution >= 0.6 is 0 Å². The molecule has 0 heterocycles. The van der Waals surface area contributed by atoms with E-state index in [-0.39, 0.29) is 5.91 Å². The Kier molecular flexibility index (Phi) is 9.66. The Balaban J connectivity index is 2.63. The molecule has 0 saturated carbocycles. The molecule has 0 aliphatic carbocycles. The lowest BCUT2D eigenvalue weighted by molar-refractivity contribution is -0.116. The van der Waals surface area contributed by atoms with E-state index in [0.717, 1.165) is 36.7 Å². The second kappa shape index (κ2) is 11.5. The summed E-state index contributed by atoms with van der Waals surface area (Å²) in [5, 5.41) is 9.58. The Morgan fingerprint density at radius 1 is 1.12 bits per heavy atom. The molecule has 1 aromatic rings. The molecule has 0 saturated heterocycles. The van der Waals surface area contributed by atoms with E-state index in [1.54, 1.807) is 0 Å². The van der Waals surface area contributed by atoms with Crippen molar-refractivity contribution >= 4 is 17.6 Å². The molecular weight excluding hydrogens is 312 g/mol. The smallest absolute Gasteiger partial charge is 0.224 e. The molecule has 0 bridgehead atoms. The van der Waals surface area contributed by atoms with Gasteiger partial charge in [-0.25, -0.2) is 4.99 Å². The van der Waals surface area contributed by atoms with Crippen molar-refractivity contribution in [2.75, 3.05) is 18.4 Å². The van der Waals surface area contributed by atoms with Crippen molar-refractivity contribution < 1.29 is 4.79 Å². The number of rotatable bonds is 9. The lowest BCUT2D eigenvalue weighted by atomic mass is 10.1. The van der Waals surface area contributed by atoms with Gasteiger partial charge in [-0.05, 0) is 42.9 Å². The highest BCUT2D eigenvalue weighted by atomic mass is 16.1. The molecule has 5 heteroatoms. The number of nitrogens with one attached hydrogen (secondary N) is 3. The lowest BCUT2D eigenvalue weighted by Crippen LogP contribution is -2.38. The molecule has 5 nitrogen and oxygen atoms in total. The molecule has 1 aromatic carbocycles. The molecule has 25 heavy (non-hydrogen) atoms. The molecule has 0 fully saturated rings. The molecule has 0 aromatic heterocycles. The van der Waals surface area contributed by atoms with Gasteiger partial charge in [0.2, 0.25) is 5.91 Å². The molecule has 0 unspecified atom stereocenters. The number of amides is 1. The van der Waals surface area contributed by atoms with Crippen LogP contribution in [0.4, 0.5) is 5.69 Å². The largest absolute Gasteiger partial charge is 0.357 e. The Morgan fingerprint density at radius 3 is 2.52 bits per heavy atom. The van der Waals surface area contributed by atoms with Gasteiger partial charge in [0.05, 0.1) is 6.54 Å². The van der Waals surface area contributed by atoms with Crippen LogP contribution in [0.1, 0.15) is 53.0 Å². The summed E-state index contributed by atoms with van der Waals surface area (Å²) >= 11 is 0. The molecule has 0 aliphatic rings. The lowest BCUT2D eigenvalue weighted by Gasteiger charge is -2.12. The summed E-state index contributed by atoms with van der Waals surface area (Å²) in [4.78, 5) is 16.5. The van der Waals surface area contributed by atoms with Crippen molar-refractivity contribution in [3.8, 4) is 0 Å². The van der Waals surface area contributed by atoms with Crippen LogP contribution in [-0.2, 0) is 11.3 Å². The van der Waals surface area contributed by atoms with E-state index in [4.69, 9.17) is 0 Å². The first-order valence-electron chi connectivity index (χ1n) is 9.31. The Bertz CT molecular complexity index is 552. The van der Waals surface area contributed by atoms with Crippen LogP contribution in [0, 0.1) is 11.8 Å². The standard InChI is InChI=1S/C20H34N4O/c1-6-21-20(22-11-10-15(2)3)23-14-17-8-7-9-18(13-17)24-19(25)12-16(4)5/h7-9,13,15-16H,6,10-12,14H2,1-5H3,(H,24,25)(H2,21,22,23). The molecule has 0 spiro atoms. The Hall–Kier alpha value is -2.04. The van der Waals surface area contributed by atoms with Gasteiger partial charge >= 0.3 is 0 Å². The minimum Gasteiger partial charge on any atom is -0.357 e. The third-order valence-electron chi connectivity index (χ3n) is 3.58. The summed E-state index contributed by atoms with van der Waals surface area (Å²) in [5.41, 5.74) is 1.90. The predicted octanol–water partition coefficient (Wildman–Crippen LogP) is 3.77. The van der Waals surface area contributed by atoms with Crippen molar-refractivity contribution in [3.63, 3.8) is 0 Å². The second-order valence-corrected chi connectivity index (χ2v) is 7.15. The van der Waals surface area contributed by atoms with Gasteiger partial charge in [0, 0.05) is 25.2 Å². The van der Waals surface area contributed by atoms with E-state index >= 15 is 0 Å². The van der Waals surface area contributed by atoms with Crippen LogP contribution in [0.2, 0.25) is 0 Å². The van der Waals surface area contributed by atoms with Crippen LogP contribution < -0.4 is 16.0 Å². The number of hydrogen-bond donors (Lipinski definition) is 3. The number of nitrogens with zero attached hydrogens (tertiary/aromatic N) is 1. The summed E-state index contributed by atoms with van der Waals surface area (Å²) in [6, 6.07) is 7.88. The average molecular weight is 347 g/mol. The summed E-state index contributed by atoms with van der Waals surface area (Å²) in [5.74, 6) is 1.91. The highest BCUT2D eigenvalue weighted by Gasteiger charge is 2.06. The van der Waals surface area contributed by atoms with E-state index in [0.29, 0.717) is 24.8 Å². The van der Waals surface area contributed by atoms with Crippen molar-refractivity contribution in [2.24, 2.45) is 16.8 Å². The van der Waals surface area contributed by atoms with Gasteiger partial charge in [0.1, 0.15) is 0 Å². The topological polar surface area (TPSA) is 65.5 Å². The van der Waals surface area contributed by atoms with Gasteiger partial charge in [0.25, 0.3) is 0 Å². The summed E-state index contributed by atoms with van der Waals surface area (Å²) in [7, 11) is 0. The third kappa shape index (κ3) is 9.75. The van der Waals surface area contributed by atoms with Gasteiger partial charge in [-0.2, -0.15) is 0 Å². The fourth-order valence-corrected chi connectivity index (χ4v) is 2.32. The second-order valence-electron chi connectivity index (χ2n) is 7.15. The van der Waals surface area contributed by atoms with Gasteiger partial charge in [-0.15, -0.1) is 0 Å². The minimum atomic E-state index is 0.0549. The molecule has 3 N–H and O–H groups in total. The van der Waals surface area contributed by atoms with Crippen molar-refractivity contribution in [3.05, 3.63) is 29.8 Å². The van der Waals surface area contributed by atoms with Crippen LogP contribution in [0.15, 0.2) is 29.3 Å². The van der Waals surface area contributed by atoms with Crippen molar-refractivity contribution in [1.82, 2.24) is 10.6 Å². The van der Waals surface area contributed by atoms with Crippen molar-refractivity contribution in [2.45, 2.75) is 54.0 Å². The first kappa shape index (κ1) is 21.0. The number of carbonyl (C=O) groups excluding carboxylic acids is 1. The number of anilines is 1. The van der Waals surface area contributed by atoms with E-state index in [2.05, 4.69) is 41.7 Å². The number of carbonyl (C=O) groups is 1. The molecule has 0 aliphatic heterocycles. The number of guanidine groups is 1. The van der Waals surface area contributed by atoms with Gasteiger partial charge in [-0.1, -0.05) is 39.8 Å². The maximum atomic E-state index is 11.9. The SMILES string of the molecule is CCNC(=NCc1cccc(NC(=O)CC(C)C)c1)NCCC(C)C. The Labute approximate surface area is 152 Å². The quantitative estimate of drug-likeness (QED) is 0.471. The third-order valence-corrected chi connectivity index (χ3v) is 3.58. The molecule has 0 radical (unpaired) electrons. The summed E-state index contributed by atoms with van der Waals surface area (Å²) < 4.78 is 0. The van der Waals surface area contributed by atoms with Crippen LogP contribution in [0.5, 0.6) is 0 Å². The molecular formula is C20H34N4O. The van der Waals surface area contributed by atoms with E-state index < -0.39 is 0 Å². The first-order valence-corrected chi connectivity index (χ1v) is 9.31. The predicted molar refractivity (Wildman–Crippen MR) is 107 cm³/mol. The van der Waals surface area contributed by atoms with Crippen molar-refractivity contribution in [1.29, 1.82) is 0 Å². The first-order chi connectivity index (χ1) is 11.9.